The van der Waals surface area contributed by atoms with Gasteiger partial charge in [0.1, 0.15) is 5.82 Å². The number of alkyl halides is 3. The monoisotopic (exact) mass is 251 g/mol. The van der Waals surface area contributed by atoms with Crippen LogP contribution in [0.2, 0.25) is 0 Å². The first kappa shape index (κ1) is 13.9. The molecule has 0 aromatic heterocycles. The fraction of sp³-hybridized carbons (Fsp3) is 0.455. The predicted octanol–water partition coefficient (Wildman–Crippen LogP) is 2.62. The van der Waals surface area contributed by atoms with E-state index in [-0.39, 0.29) is 5.56 Å². The minimum Gasteiger partial charge on any atom is -0.388 e. The molecule has 0 aliphatic carbocycles. The second kappa shape index (κ2) is 4.27. The van der Waals surface area contributed by atoms with Crippen molar-refractivity contribution in [2.75, 3.05) is 0 Å². The van der Waals surface area contributed by atoms with Crippen molar-refractivity contribution in [3.8, 4) is 0 Å². The molecular weight excluding hydrogens is 238 g/mol. The average molecular weight is 251 g/mol. The molecule has 0 saturated heterocycles. The maximum Gasteiger partial charge on any atom is 0.419 e. The lowest BCUT2D eigenvalue weighted by atomic mass is 9.92. The molecule has 96 valence electrons. The van der Waals surface area contributed by atoms with E-state index in [1.165, 1.54) is 13.8 Å². The van der Waals surface area contributed by atoms with E-state index in [2.05, 4.69) is 0 Å². The molecule has 0 aliphatic rings. The molecule has 2 nitrogen and oxygen atoms in total. The highest BCUT2D eigenvalue weighted by Gasteiger charge is 2.35. The van der Waals surface area contributed by atoms with E-state index in [1.807, 2.05) is 0 Å². The number of rotatable bonds is 2. The third-order valence-corrected chi connectivity index (χ3v) is 2.42. The maximum atomic E-state index is 13.2. The largest absolute Gasteiger partial charge is 0.419 e. The Bertz CT molecular complexity index is 409. The first-order valence-corrected chi connectivity index (χ1v) is 4.88. The molecular formula is C11H13F4NO. The van der Waals surface area contributed by atoms with Crippen LogP contribution >= 0.6 is 0 Å². The Labute approximate surface area is 96.1 Å². The van der Waals surface area contributed by atoms with Crippen molar-refractivity contribution in [2.24, 2.45) is 5.73 Å². The van der Waals surface area contributed by atoms with Gasteiger partial charge in [-0.15, -0.1) is 0 Å². The number of halogens is 4. The summed E-state index contributed by atoms with van der Waals surface area (Å²) in [5.41, 5.74) is 3.03. The van der Waals surface area contributed by atoms with Crippen molar-refractivity contribution in [3.05, 3.63) is 35.1 Å². The molecule has 3 N–H and O–H groups in total. The molecule has 0 saturated carbocycles. The summed E-state index contributed by atoms with van der Waals surface area (Å²) >= 11 is 0. The summed E-state index contributed by atoms with van der Waals surface area (Å²) in [5, 5.41) is 9.59. The SMILES string of the molecule is CC(C)(O)[C@H](N)c1ccc(C(F)(F)F)c(F)c1. The number of nitrogens with two attached hydrogens (primary N) is 1. The van der Waals surface area contributed by atoms with Crippen molar-refractivity contribution >= 4 is 0 Å². The lowest BCUT2D eigenvalue weighted by Crippen LogP contribution is -2.35. The summed E-state index contributed by atoms with van der Waals surface area (Å²) in [4.78, 5) is 0. The van der Waals surface area contributed by atoms with Crippen LogP contribution in [-0.4, -0.2) is 10.7 Å². The standard InChI is InChI=1S/C11H13F4NO/c1-10(2,17)9(16)6-3-4-7(8(12)5-6)11(13,14)15/h3-5,9,17H,16H2,1-2H3/t9-/m1/s1. The molecule has 0 amide bonds. The summed E-state index contributed by atoms with van der Waals surface area (Å²) in [6.07, 6.45) is -4.73. The van der Waals surface area contributed by atoms with E-state index in [9.17, 15) is 22.7 Å². The highest BCUT2D eigenvalue weighted by Crippen LogP contribution is 2.33. The third kappa shape index (κ3) is 3.17. The van der Waals surface area contributed by atoms with Crippen molar-refractivity contribution in [3.63, 3.8) is 0 Å². The Morgan fingerprint density at radius 3 is 2.12 bits per heavy atom. The smallest absolute Gasteiger partial charge is 0.388 e. The summed E-state index contributed by atoms with van der Waals surface area (Å²) in [7, 11) is 0. The molecule has 0 radical (unpaired) electrons. The first-order valence-electron chi connectivity index (χ1n) is 4.88. The third-order valence-electron chi connectivity index (χ3n) is 2.42. The van der Waals surface area contributed by atoms with Gasteiger partial charge in [-0.3, -0.25) is 0 Å². The highest BCUT2D eigenvalue weighted by molar-refractivity contribution is 5.29. The Morgan fingerprint density at radius 1 is 1.24 bits per heavy atom. The number of hydrogen-bond acceptors (Lipinski definition) is 2. The molecule has 0 bridgehead atoms. The Balaban J connectivity index is 3.14. The molecule has 0 aliphatic heterocycles. The maximum absolute atomic E-state index is 13.2. The normalized spacial score (nSPS) is 14.8. The van der Waals surface area contributed by atoms with Crippen LogP contribution in [0.1, 0.15) is 31.0 Å². The second-order valence-electron chi connectivity index (χ2n) is 4.37. The molecule has 0 fully saturated rings. The fourth-order valence-corrected chi connectivity index (χ4v) is 1.36. The van der Waals surface area contributed by atoms with Crippen LogP contribution in [0.25, 0.3) is 0 Å². The van der Waals surface area contributed by atoms with Gasteiger partial charge in [0, 0.05) is 0 Å². The van der Waals surface area contributed by atoms with Crippen molar-refractivity contribution in [1.82, 2.24) is 0 Å². The zero-order valence-corrected chi connectivity index (χ0v) is 9.35. The van der Waals surface area contributed by atoms with Gasteiger partial charge in [-0.25, -0.2) is 4.39 Å². The topological polar surface area (TPSA) is 46.2 Å². The Kier molecular flexibility index (Phi) is 3.50. The van der Waals surface area contributed by atoms with E-state index < -0.39 is 29.2 Å². The van der Waals surface area contributed by atoms with E-state index in [0.29, 0.717) is 12.1 Å². The van der Waals surface area contributed by atoms with Crippen LogP contribution in [0, 0.1) is 5.82 Å². The van der Waals surface area contributed by atoms with Gasteiger partial charge in [-0.1, -0.05) is 6.07 Å². The molecule has 0 unspecified atom stereocenters. The van der Waals surface area contributed by atoms with E-state index >= 15 is 0 Å². The molecule has 17 heavy (non-hydrogen) atoms. The fourth-order valence-electron chi connectivity index (χ4n) is 1.36. The minimum atomic E-state index is -4.73. The lowest BCUT2D eigenvalue weighted by Gasteiger charge is -2.26. The minimum absolute atomic E-state index is 0.114. The van der Waals surface area contributed by atoms with E-state index in [4.69, 9.17) is 5.73 Å². The summed E-state index contributed by atoms with van der Waals surface area (Å²) in [6.45, 7) is 2.79. The van der Waals surface area contributed by atoms with Crippen LogP contribution in [-0.2, 0) is 6.18 Å². The number of benzene rings is 1. The van der Waals surface area contributed by atoms with E-state index in [1.54, 1.807) is 0 Å². The van der Waals surface area contributed by atoms with Crippen molar-refractivity contribution < 1.29 is 22.7 Å². The van der Waals surface area contributed by atoms with Crippen LogP contribution in [0.4, 0.5) is 17.6 Å². The molecule has 0 heterocycles. The van der Waals surface area contributed by atoms with Crippen LogP contribution in [0.5, 0.6) is 0 Å². The van der Waals surface area contributed by atoms with Gasteiger partial charge in [0.25, 0.3) is 0 Å². The molecule has 1 rings (SSSR count). The van der Waals surface area contributed by atoms with Gasteiger partial charge in [0.05, 0.1) is 17.2 Å². The number of aliphatic hydroxyl groups is 1. The average Bonchev–Trinajstić information content (AvgIpc) is 2.12. The first-order chi connectivity index (χ1) is 7.53. The van der Waals surface area contributed by atoms with Gasteiger partial charge in [0.15, 0.2) is 0 Å². The predicted molar refractivity (Wildman–Crippen MR) is 54.6 cm³/mol. The van der Waals surface area contributed by atoms with Crippen LogP contribution in [0.3, 0.4) is 0 Å². The highest BCUT2D eigenvalue weighted by atomic mass is 19.4. The molecule has 1 aromatic carbocycles. The van der Waals surface area contributed by atoms with Crippen LogP contribution < -0.4 is 5.73 Å². The van der Waals surface area contributed by atoms with Gasteiger partial charge >= 0.3 is 6.18 Å². The summed E-state index contributed by atoms with van der Waals surface area (Å²) < 4.78 is 50.1. The van der Waals surface area contributed by atoms with Gasteiger partial charge in [-0.2, -0.15) is 13.2 Å². The number of hydrogen-bond donors (Lipinski definition) is 2. The van der Waals surface area contributed by atoms with Gasteiger partial charge in [0.2, 0.25) is 0 Å². The van der Waals surface area contributed by atoms with E-state index in [0.717, 1.165) is 6.07 Å². The van der Waals surface area contributed by atoms with Gasteiger partial charge < -0.3 is 10.8 Å². The van der Waals surface area contributed by atoms with Crippen molar-refractivity contribution in [2.45, 2.75) is 31.7 Å². The molecule has 1 aromatic rings. The molecule has 0 spiro atoms. The molecule has 1 atom stereocenters. The van der Waals surface area contributed by atoms with Gasteiger partial charge in [-0.05, 0) is 31.5 Å². The lowest BCUT2D eigenvalue weighted by molar-refractivity contribution is -0.140. The molecule has 6 heteroatoms. The zero-order chi connectivity index (χ0) is 13.4. The second-order valence-corrected chi connectivity index (χ2v) is 4.37. The zero-order valence-electron chi connectivity index (χ0n) is 9.35. The Hall–Kier alpha value is -1.14. The van der Waals surface area contributed by atoms with Crippen LogP contribution in [0.15, 0.2) is 18.2 Å². The van der Waals surface area contributed by atoms with Crippen molar-refractivity contribution in [1.29, 1.82) is 0 Å². The summed E-state index contributed by atoms with van der Waals surface area (Å²) in [6, 6.07) is 1.43. The quantitative estimate of drug-likeness (QED) is 0.794. The summed E-state index contributed by atoms with van der Waals surface area (Å²) in [5.74, 6) is -1.39. The Morgan fingerprint density at radius 2 is 1.76 bits per heavy atom.